The lowest BCUT2D eigenvalue weighted by Crippen LogP contribution is -2.33. The number of aromatic nitrogens is 1. The second-order valence-electron chi connectivity index (χ2n) is 4.51. The fourth-order valence-electron chi connectivity index (χ4n) is 2.04. The summed E-state index contributed by atoms with van der Waals surface area (Å²) in [6.45, 7) is 2.63. The predicted molar refractivity (Wildman–Crippen MR) is 60.9 cm³/mol. The molecule has 1 saturated carbocycles. The van der Waals surface area contributed by atoms with E-state index in [0.717, 1.165) is 37.1 Å². The first kappa shape index (κ1) is 10.4. The van der Waals surface area contributed by atoms with Gasteiger partial charge in [0, 0.05) is 12.7 Å². The number of aliphatic hydroxyl groups is 1. The van der Waals surface area contributed by atoms with Crippen molar-refractivity contribution >= 4 is 5.82 Å². The molecule has 0 atom stereocenters. The molecule has 2 N–H and O–H groups in total. The Bertz CT molecular complexity index is 315. The lowest BCUT2D eigenvalue weighted by molar-refractivity contribution is 0.0614. The van der Waals surface area contributed by atoms with E-state index in [1.165, 1.54) is 0 Å². The third-order valence-electron chi connectivity index (χ3n) is 3.04. The van der Waals surface area contributed by atoms with Crippen molar-refractivity contribution in [1.82, 2.24) is 4.98 Å². The van der Waals surface area contributed by atoms with Crippen molar-refractivity contribution in [2.75, 3.05) is 11.9 Å². The highest BCUT2D eigenvalue weighted by molar-refractivity contribution is 5.35. The zero-order valence-electron chi connectivity index (χ0n) is 9.16. The molecule has 1 aromatic heterocycles. The van der Waals surface area contributed by atoms with Gasteiger partial charge in [0.25, 0.3) is 0 Å². The normalized spacial score (nSPS) is 19.1. The van der Waals surface area contributed by atoms with Gasteiger partial charge in [0.2, 0.25) is 0 Å². The molecule has 0 amide bonds. The van der Waals surface area contributed by atoms with Crippen LogP contribution >= 0.6 is 0 Å². The Hall–Kier alpha value is -1.09. The molecular formula is C12H18N2O. The molecule has 1 aromatic rings. The Kier molecular flexibility index (Phi) is 2.91. The summed E-state index contributed by atoms with van der Waals surface area (Å²) >= 11 is 0. The molecule has 0 radical (unpaired) electrons. The maximum Gasteiger partial charge on any atom is 0.125 e. The minimum Gasteiger partial charge on any atom is -0.388 e. The van der Waals surface area contributed by atoms with Gasteiger partial charge in [0.1, 0.15) is 5.82 Å². The molecule has 3 heteroatoms. The Morgan fingerprint density at radius 1 is 1.40 bits per heavy atom. The molecule has 0 saturated heterocycles. The number of hydrogen-bond donors (Lipinski definition) is 2. The molecule has 1 fully saturated rings. The van der Waals surface area contributed by atoms with Gasteiger partial charge in [-0.3, -0.25) is 0 Å². The first-order valence-electron chi connectivity index (χ1n) is 5.57. The largest absolute Gasteiger partial charge is 0.388 e. The molecule has 0 aliphatic heterocycles. The number of aryl methyl sites for hydroxylation is 1. The van der Waals surface area contributed by atoms with Gasteiger partial charge in [-0.2, -0.15) is 0 Å². The summed E-state index contributed by atoms with van der Waals surface area (Å²) in [5.74, 6) is 0.848. The lowest BCUT2D eigenvalue weighted by atomic mass is 10.0. The van der Waals surface area contributed by atoms with Gasteiger partial charge in [-0.25, -0.2) is 4.98 Å². The average Bonchev–Trinajstić information content (AvgIpc) is 2.65. The standard InChI is InChI=1S/C12H18N2O/c1-10-4-5-11(13-8-10)14-9-12(15)6-2-3-7-12/h4-5,8,15H,2-3,6-7,9H2,1H3,(H,13,14). The van der Waals surface area contributed by atoms with Gasteiger partial charge in [-0.15, -0.1) is 0 Å². The van der Waals surface area contributed by atoms with Gasteiger partial charge >= 0.3 is 0 Å². The maximum absolute atomic E-state index is 10.1. The van der Waals surface area contributed by atoms with E-state index < -0.39 is 5.60 Å². The van der Waals surface area contributed by atoms with Crippen LogP contribution in [0.4, 0.5) is 5.82 Å². The van der Waals surface area contributed by atoms with Crippen LogP contribution in [0.15, 0.2) is 18.3 Å². The van der Waals surface area contributed by atoms with Crippen molar-refractivity contribution in [1.29, 1.82) is 0 Å². The van der Waals surface area contributed by atoms with Crippen molar-refractivity contribution in [3.05, 3.63) is 23.9 Å². The molecular weight excluding hydrogens is 188 g/mol. The topological polar surface area (TPSA) is 45.1 Å². The fraction of sp³-hybridized carbons (Fsp3) is 0.583. The zero-order chi connectivity index (χ0) is 10.7. The van der Waals surface area contributed by atoms with Crippen LogP contribution in [0, 0.1) is 6.92 Å². The number of nitrogens with one attached hydrogen (secondary N) is 1. The van der Waals surface area contributed by atoms with Crippen LogP contribution < -0.4 is 5.32 Å². The Balaban J connectivity index is 1.90. The number of pyridine rings is 1. The van der Waals surface area contributed by atoms with Crippen molar-refractivity contribution in [2.45, 2.75) is 38.2 Å². The quantitative estimate of drug-likeness (QED) is 0.796. The average molecular weight is 206 g/mol. The van der Waals surface area contributed by atoms with Gasteiger partial charge in [0.05, 0.1) is 5.60 Å². The summed E-state index contributed by atoms with van der Waals surface area (Å²) in [6, 6.07) is 3.97. The van der Waals surface area contributed by atoms with Crippen molar-refractivity contribution in [2.24, 2.45) is 0 Å². The van der Waals surface area contributed by atoms with E-state index in [9.17, 15) is 5.11 Å². The summed E-state index contributed by atoms with van der Waals surface area (Å²) in [6.07, 6.45) is 5.93. The smallest absolute Gasteiger partial charge is 0.125 e. The van der Waals surface area contributed by atoms with Crippen LogP contribution in [-0.4, -0.2) is 22.2 Å². The van der Waals surface area contributed by atoms with E-state index >= 15 is 0 Å². The van der Waals surface area contributed by atoms with E-state index in [0.29, 0.717) is 6.54 Å². The first-order valence-corrected chi connectivity index (χ1v) is 5.57. The molecule has 1 heterocycles. The highest BCUT2D eigenvalue weighted by atomic mass is 16.3. The van der Waals surface area contributed by atoms with E-state index in [1.807, 2.05) is 25.3 Å². The predicted octanol–water partition coefficient (Wildman–Crippen LogP) is 2.11. The van der Waals surface area contributed by atoms with Crippen molar-refractivity contribution in [3.63, 3.8) is 0 Å². The highest BCUT2D eigenvalue weighted by Gasteiger charge is 2.30. The van der Waals surface area contributed by atoms with Crippen LogP contribution in [0.3, 0.4) is 0 Å². The van der Waals surface area contributed by atoms with Gasteiger partial charge < -0.3 is 10.4 Å². The summed E-state index contributed by atoms with van der Waals surface area (Å²) in [5, 5.41) is 13.3. The molecule has 0 aromatic carbocycles. The molecule has 0 spiro atoms. The van der Waals surface area contributed by atoms with E-state index in [4.69, 9.17) is 0 Å². The van der Waals surface area contributed by atoms with E-state index in [-0.39, 0.29) is 0 Å². The highest BCUT2D eigenvalue weighted by Crippen LogP contribution is 2.29. The fourth-order valence-corrected chi connectivity index (χ4v) is 2.04. The Morgan fingerprint density at radius 3 is 2.73 bits per heavy atom. The number of nitrogens with zero attached hydrogens (tertiary/aromatic N) is 1. The third kappa shape index (κ3) is 2.69. The SMILES string of the molecule is Cc1ccc(NCC2(O)CCCC2)nc1. The summed E-state index contributed by atoms with van der Waals surface area (Å²) in [7, 11) is 0. The Morgan fingerprint density at radius 2 is 2.13 bits per heavy atom. The molecule has 2 rings (SSSR count). The number of anilines is 1. The monoisotopic (exact) mass is 206 g/mol. The number of rotatable bonds is 3. The summed E-state index contributed by atoms with van der Waals surface area (Å²) in [4.78, 5) is 4.25. The van der Waals surface area contributed by atoms with Crippen LogP contribution in [0.1, 0.15) is 31.2 Å². The van der Waals surface area contributed by atoms with Crippen molar-refractivity contribution in [3.8, 4) is 0 Å². The maximum atomic E-state index is 10.1. The second-order valence-corrected chi connectivity index (χ2v) is 4.51. The molecule has 82 valence electrons. The van der Waals surface area contributed by atoms with Gasteiger partial charge in [0.15, 0.2) is 0 Å². The molecule has 1 aliphatic rings. The molecule has 15 heavy (non-hydrogen) atoms. The third-order valence-corrected chi connectivity index (χ3v) is 3.04. The molecule has 1 aliphatic carbocycles. The van der Waals surface area contributed by atoms with Crippen LogP contribution in [-0.2, 0) is 0 Å². The minimum absolute atomic E-state index is 0.507. The first-order chi connectivity index (χ1) is 7.18. The molecule has 0 bridgehead atoms. The molecule has 0 unspecified atom stereocenters. The van der Waals surface area contributed by atoms with Crippen LogP contribution in [0.5, 0.6) is 0 Å². The van der Waals surface area contributed by atoms with E-state index in [2.05, 4.69) is 10.3 Å². The van der Waals surface area contributed by atoms with E-state index in [1.54, 1.807) is 0 Å². The van der Waals surface area contributed by atoms with Gasteiger partial charge in [-0.05, 0) is 31.4 Å². The molecule has 3 nitrogen and oxygen atoms in total. The van der Waals surface area contributed by atoms with Crippen LogP contribution in [0.2, 0.25) is 0 Å². The minimum atomic E-state index is -0.507. The van der Waals surface area contributed by atoms with Gasteiger partial charge in [-0.1, -0.05) is 18.9 Å². The second kappa shape index (κ2) is 4.19. The number of hydrogen-bond acceptors (Lipinski definition) is 3. The summed E-state index contributed by atoms with van der Waals surface area (Å²) < 4.78 is 0. The lowest BCUT2D eigenvalue weighted by Gasteiger charge is -2.22. The summed E-state index contributed by atoms with van der Waals surface area (Å²) in [5.41, 5.74) is 0.646. The van der Waals surface area contributed by atoms with Crippen LogP contribution in [0.25, 0.3) is 0 Å². The van der Waals surface area contributed by atoms with Crippen molar-refractivity contribution < 1.29 is 5.11 Å². The zero-order valence-corrected chi connectivity index (χ0v) is 9.16. The Labute approximate surface area is 90.5 Å².